The van der Waals surface area contributed by atoms with Crippen LogP contribution in [0.4, 0.5) is 0 Å². The van der Waals surface area contributed by atoms with Gasteiger partial charge in [-0.2, -0.15) is 5.10 Å². The maximum absolute atomic E-state index is 5.39. The molecular weight excluding hydrogens is 302 g/mol. The van der Waals surface area contributed by atoms with Crippen molar-refractivity contribution < 1.29 is 4.42 Å². The van der Waals surface area contributed by atoms with Crippen LogP contribution < -0.4 is 10.6 Å². The summed E-state index contributed by atoms with van der Waals surface area (Å²) in [5.74, 6) is 1.88. The first kappa shape index (κ1) is 16.6. The van der Waals surface area contributed by atoms with Crippen LogP contribution in [0.25, 0.3) is 0 Å². The van der Waals surface area contributed by atoms with Crippen molar-refractivity contribution in [1.82, 2.24) is 20.4 Å². The normalized spacial score (nSPS) is 16.3. The topological polar surface area (TPSA) is 67.4 Å². The van der Waals surface area contributed by atoms with Crippen molar-refractivity contribution in [3.05, 3.63) is 42.1 Å². The molecular formula is C18H27N5O. The Morgan fingerprint density at radius 2 is 2.21 bits per heavy atom. The molecule has 0 spiro atoms. The van der Waals surface area contributed by atoms with Crippen LogP contribution in [0.5, 0.6) is 0 Å². The number of aliphatic imine (C=N–C) groups is 1. The third kappa shape index (κ3) is 4.88. The van der Waals surface area contributed by atoms with Crippen LogP contribution in [0.1, 0.15) is 43.6 Å². The number of hydrogen-bond acceptors (Lipinski definition) is 3. The van der Waals surface area contributed by atoms with Gasteiger partial charge in [0.25, 0.3) is 0 Å². The largest absolute Gasteiger partial charge is 0.469 e. The van der Waals surface area contributed by atoms with Crippen LogP contribution in [-0.4, -0.2) is 28.3 Å². The lowest BCUT2D eigenvalue weighted by Gasteiger charge is -2.25. The molecule has 1 fully saturated rings. The molecule has 0 unspecified atom stereocenters. The van der Waals surface area contributed by atoms with Gasteiger partial charge >= 0.3 is 0 Å². The van der Waals surface area contributed by atoms with Gasteiger partial charge in [0, 0.05) is 32.3 Å². The minimum Gasteiger partial charge on any atom is -0.469 e. The van der Waals surface area contributed by atoms with Crippen molar-refractivity contribution in [2.45, 2.75) is 51.1 Å². The molecule has 3 rings (SSSR count). The monoisotopic (exact) mass is 329 g/mol. The molecule has 1 saturated carbocycles. The molecule has 0 aromatic carbocycles. The first-order valence-electron chi connectivity index (χ1n) is 8.85. The predicted molar refractivity (Wildman–Crippen MR) is 94.8 cm³/mol. The molecule has 0 bridgehead atoms. The zero-order valence-electron chi connectivity index (χ0n) is 14.4. The van der Waals surface area contributed by atoms with Crippen molar-refractivity contribution in [2.24, 2.45) is 12.0 Å². The highest BCUT2D eigenvalue weighted by Crippen LogP contribution is 2.17. The summed E-state index contributed by atoms with van der Waals surface area (Å²) in [5.41, 5.74) is 1.10. The standard InChI is InChI=1S/C18H27N5O/c1-23-16(9-12-21-23)14-20-18(22-15-6-3-2-4-7-15)19-11-10-17-8-5-13-24-17/h5,8-9,12-13,15H,2-4,6-7,10-11,14H2,1H3,(H2,19,20,22). The van der Waals surface area contributed by atoms with E-state index in [0.717, 1.165) is 30.4 Å². The number of furan rings is 1. The van der Waals surface area contributed by atoms with Gasteiger partial charge in [-0.15, -0.1) is 0 Å². The Balaban J connectivity index is 1.57. The SMILES string of the molecule is Cn1nccc1CN=C(NCCc1ccco1)NC1CCCCC1. The first-order chi connectivity index (χ1) is 11.8. The lowest BCUT2D eigenvalue weighted by molar-refractivity contribution is 0.409. The molecule has 130 valence electrons. The van der Waals surface area contributed by atoms with Gasteiger partial charge in [0.1, 0.15) is 5.76 Å². The summed E-state index contributed by atoms with van der Waals surface area (Å²) in [6.45, 7) is 1.43. The van der Waals surface area contributed by atoms with Gasteiger partial charge in [0.2, 0.25) is 0 Å². The Morgan fingerprint density at radius 1 is 1.33 bits per heavy atom. The Labute approximate surface area is 143 Å². The Kier molecular flexibility index (Phi) is 5.93. The van der Waals surface area contributed by atoms with E-state index in [9.17, 15) is 0 Å². The molecule has 6 nitrogen and oxygen atoms in total. The lowest BCUT2D eigenvalue weighted by atomic mass is 9.96. The summed E-state index contributed by atoms with van der Waals surface area (Å²) in [7, 11) is 1.95. The number of nitrogens with zero attached hydrogens (tertiary/aromatic N) is 3. The van der Waals surface area contributed by atoms with Crippen molar-refractivity contribution >= 4 is 5.96 Å². The van der Waals surface area contributed by atoms with E-state index in [0.29, 0.717) is 12.6 Å². The van der Waals surface area contributed by atoms with Crippen molar-refractivity contribution in [3.63, 3.8) is 0 Å². The Hall–Kier alpha value is -2.24. The van der Waals surface area contributed by atoms with Crippen molar-refractivity contribution in [3.8, 4) is 0 Å². The van der Waals surface area contributed by atoms with Gasteiger partial charge in [-0.3, -0.25) is 4.68 Å². The fourth-order valence-corrected chi connectivity index (χ4v) is 3.07. The zero-order chi connectivity index (χ0) is 16.6. The fourth-order valence-electron chi connectivity index (χ4n) is 3.07. The molecule has 0 saturated heterocycles. The summed E-state index contributed by atoms with van der Waals surface area (Å²) < 4.78 is 7.25. The third-order valence-corrected chi connectivity index (χ3v) is 4.51. The summed E-state index contributed by atoms with van der Waals surface area (Å²) in [6, 6.07) is 6.46. The molecule has 2 N–H and O–H groups in total. The molecule has 2 heterocycles. The molecule has 24 heavy (non-hydrogen) atoms. The average molecular weight is 329 g/mol. The second kappa shape index (κ2) is 8.57. The predicted octanol–water partition coefficient (Wildman–Crippen LogP) is 2.62. The van der Waals surface area contributed by atoms with E-state index in [1.807, 2.05) is 36.1 Å². The molecule has 0 radical (unpaired) electrons. The van der Waals surface area contributed by atoms with Crippen molar-refractivity contribution in [1.29, 1.82) is 0 Å². The van der Waals surface area contributed by atoms with E-state index in [4.69, 9.17) is 9.41 Å². The van der Waals surface area contributed by atoms with Crippen LogP contribution in [0, 0.1) is 0 Å². The highest BCUT2D eigenvalue weighted by atomic mass is 16.3. The zero-order valence-corrected chi connectivity index (χ0v) is 14.4. The number of aryl methyl sites for hydroxylation is 1. The maximum atomic E-state index is 5.39. The lowest BCUT2D eigenvalue weighted by Crippen LogP contribution is -2.44. The van der Waals surface area contributed by atoms with Gasteiger partial charge in [0.05, 0.1) is 18.5 Å². The van der Waals surface area contributed by atoms with Crippen LogP contribution in [-0.2, 0) is 20.0 Å². The summed E-state index contributed by atoms with van der Waals surface area (Å²) >= 11 is 0. The number of aromatic nitrogens is 2. The molecule has 1 aliphatic rings. The van der Waals surface area contributed by atoms with Crippen LogP contribution in [0.2, 0.25) is 0 Å². The van der Waals surface area contributed by atoms with Gasteiger partial charge in [-0.05, 0) is 31.0 Å². The summed E-state index contributed by atoms with van der Waals surface area (Å²) in [6.07, 6.45) is 10.8. The van der Waals surface area contributed by atoms with E-state index < -0.39 is 0 Å². The summed E-state index contributed by atoms with van der Waals surface area (Å²) in [5, 5.41) is 11.2. The molecule has 2 aromatic rings. The van der Waals surface area contributed by atoms with E-state index in [-0.39, 0.29) is 0 Å². The number of nitrogens with one attached hydrogen (secondary N) is 2. The van der Waals surface area contributed by atoms with Crippen LogP contribution in [0.15, 0.2) is 40.1 Å². The maximum Gasteiger partial charge on any atom is 0.191 e. The van der Waals surface area contributed by atoms with Gasteiger partial charge in [0.15, 0.2) is 5.96 Å². The Morgan fingerprint density at radius 3 is 2.92 bits per heavy atom. The molecule has 0 aliphatic heterocycles. The quantitative estimate of drug-likeness (QED) is 0.631. The third-order valence-electron chi connectivity index (χ3n) is 4.51. The van der Waals surface area contributed by atoms with Gasteiger partial charge < -0.3 is 15.1 Å². The van der Waals surface area contributed by atoms with E-state index in [1.165, 1.54) is 32.1 Å². The van der Waals surface area contributed by atoms with E-state index in [2.05, 4.69) is 15.7 Å². The fraction of sp³-hybridized carbons (Fsp3) is 0.556. The Bertz CT molecular complexity index is 626. The highest BCUT2D eigenvalue weighted by Gasteiger charge is 2.14. The second-order valence-corrected chi connectivity index (χ2v) is 6.35. The van der Waals surface area contributed by atoms with Crippen LogP contribution in [0.3, 0.4) is 0 Å². The minimum absolute atomic E-state index is 0.528. The van der Waals surface area contributed by atoms with E-state index >= 15 is 0 Å². The first-order valence-corrected chi connectivity index (χ1v) is 8.85. The smallest absolute Gasteiger partial charge is 0.191 e. The van der Waals surface area contributed by atoms with E-state index in [1.54, 1.807) is 6.26 Å². The summed E-state index contributed by atoms with van der Waals surface area (Å²) in [4.78, 5) is 4.74. The number of hydrogen-bond donors (Lipinski definition) is 2. The molecule has 0 atom stereocenters. The van der Waals surface area contributed by atoms with Crippen LogP contribution >= 0.6 is 0 Å². The second-order valence-electron chi connectivity index (χ2n) is 6.35. The highest BCUT2D eigenvalue weighted by molar-refractivity contribution is 5.80. The molecule has 1 aliphatic carbocycles. The minimum atomic E-state index is 0.528. The molecule has 0 amide bonds. The molecule has 2 aromatic heterocycles. The van der Waals surface area contributed by atoms with Gasteiger partial charge in [-0.25, -0.2) is 4.99 Å². The van der Waals surface area contributed by atoms with Crippen molar-refractivity contribution in [2.75, 3.05) is 6.54 Å². The number of guanidine groups is 1. The average Bonchev–Trinajstić information content (AvgIpc) is 3.25. The van der Waals surface area contributed by atoms with Gasteiger partial charge in [-0.1, -0.05) is 19.3 Å². The number of rotatable bonds is 6. The molecule has 6 heteroatoms.